The lowest BCUT2D eigenvalue weighted by Gasteiger charge is -2.25. The molecule has 1 amide bonds. The van der Waals surface area contributed by atoms with E-state index in [0.717, 1.165) is 59.2 Å². The van der Waals surface area contributed by atoms with Crippen LogP contribution in [-0.2, 0) is 16.0 Å². The van der Waals surface area contributed by atoms with E-state index in [2.05, 4.69) is 22.4 Å². The van der Waals surface area contributed by atoms with E-state index in [1.165, 1.54) is 0 Å². The molecule has 4 heterocycles. The lowest BCUT2D eigenvalue weighted by Crippen LogP contribution is -2.36. The lowest BCUT2D eigenvalue weighted by molar-refractivity contribution is 0.0330. The summed E-state index contributed by atoms with van der Waals surface area (Å²) in [6.07, 6.45) is -0.324. The van der Waals surface area contributed by atoms with E-state index in [1.54, 1.807) is 16.2 Å². The van der Waals surface area contributed by atoms with Crippen molar-refractivity contribution in [1.29, 1.82) is 0 Å². The van der Waals surface area contributed by atoms with Crippen molar-refractivity contribution in [2.45, 2.75) is 6.54 Å². The van der Waals surface area contributed by atoms with E-state index in [4.69, 9.17) is 24.2 Å². The van der Waals surface area contributed by atoms with Crippen molar-refractivity contribution in [3.63, 3.8) is 0 Å². The van der Waals surface area contributed by atoms with Crippen LogP contribution in [0.2, 0.25) is 0 Å². The molecule has 0 N–H and O–H groups in total. The largest absolute Gasteiger partial charge is 0.447 e. The van der Waals surface area contributed by atoms with Gasteiger partial charge in [-0.05, 0) is 29.8 Å². The van der Waals surface area contributed by atoms with Gasteiger partial charge in [0.2, 0.25) is 5.88 Å². The van der Waals surface area contributed by atoms with Gasteiger partial charge in [0.05, 0.1) is 31.7 Å². The summed E-state index contributed by atoms with van der Waals surface area (Å²) >= 11 is 1.60. The molecule has 2 aromatic carbocycles. The number of aromatic nitrogens is 2. The zero-order valence-electron chi connectivity index (χ0n) is 19.1. The van der Waals surface area contributed by atoms with Crippen molar-refractivity contribution in [3.8, 4) is 22.8 Å². The highest BCUT2D eigenvalue weighted by molar-refractivity contribution is 7.17. The SMILES string of the molecule is O=C1OCCN1c1ccc(Oc2nc(CN3CCOCC3)nc3scc(-c4ccccc4)c23)cc1. The third kappa shape index (κ3) is 4.58. The summed E-state index contributed by atoms with van der Waals surface area (Å²) in [5.74, 6) is 1.91. The van der Waals surface area contributed by atoms with Gasteiger partial charge in [-0.15, -0.1) is 11.3 Å². The van der Waals surface area contributed by atoms with Crippen LogP contribution in [0.4, 0.5) is 10.5 Å². The van der Waals surface area contributed by atoms with Gasteiger partial charge in [0.15, 0.2) is 0 Å². The molecule has 2 saturated heterocycles. The van der Waals surface area contributed by atoms with Crippen molar-refractivity contribution in [3.05, 3.63) is 65.8 Å². The predicted octanol–water partition coefficient (Wildman–Crippen LogP) is 4.94. The fourth-order valence-corrected chi connectivity index (χ4v) is 5.28. The van der Waals surface area contributed by atoms with Crippen LogP contribution >= 0.6 is 11.3 Å². The standard InChI is InChI=1S/C26H24N4O4S/c31-26-30(12-15-33-26)19-6-8-20(9-7-19)34-24-23-21(18-4-2-1-3-5-18)17-35-25(23)28-22(27-24)16-29-10-13-32-14-11-29/h1-9,17H,10-16H2. The summed E-state index contributed by atoms with van der Waals surface area (Å²) in [5, 5.41) is 3.02. The number of benzene rings is 2. The number of rotatable bonds is 6. The van der Waals surface area contributed by atoms with Gasteiger partial charge in [-0.3, -0.25) is 9.80 Å². The first-order valence-corrected chi connectivity index (χ1v) is 12.5. The topological polar surface area (TPSA) is 77.0 Å². The van der Waals surface area contributed by atoms with Gasteiger partial charge >= 0.3 is 6.09 Å². The Hall–Kier alpha value is -3.53. The number of carbonyl (C=O) groups excluding carboxylic acids is 1. The van der Waals surface area contributed by atoms with Gasteiger partial charge in [0, 0.05) is 29.7 Å². The van der Waals surface area contributed by atoms with Gasteiger partial charge in [-0.2, -0.15) is 4.98 Å². The molecule has 2 fully saturated rings. The Balaban J connectivity index is 1.36. The first-order chi connectivity index (χ1) is 17.2. The maximum Gasteiger partial charge on any atom is 0.414 e. The minimum Gasteiger partial charge on any atom is -0.447 e. The number of ether oxygens (including phenoxy) is 3. The second-order valence-electron chi connectivity index (χ2n) is 8.39. The number of cyclic esters (lactones) is 1. The molecule has 0 bridgehead atoms. The van der Waals surface area contributed by atoms with Crippen LogP contribution in [0.15, 0.2) is 60.0 Å². The Morgan fingerprint density at radius 2 is 1.74 bits per heavy atom. The average Bonchev–Trinajstić information content (AvgIpc) is 3.52. The summed E-state index contributed by atoms with van der Waals surface area (Å²) < 4.78 is 16.9. The third-order valence-corrected chi connectivity index (χ3v) is 7.00. The molecule has 8 nitrogen and oxygen atoms in total. The average molecular weight is 489 g/mol. The van der Waals surface area contributed by atoms with Gasteiger partial charge < -0.3 is 14.2 Å². The number of morpholine rings is 1. The van der Waals surface area contributed by atoms with Gasteiger partial charge in [0.1, 0.15) is 23.0 Å². The van der Waals surface area contributed by atoms with E-state index < -0.39 is 0 Å². The molecule has 0 aliphatic carbocycles. The maximum absolute atomic E-state index is 11.9. The number of hydrogen-bond acceptors (Lipinski definition) is 8. The normalized spacial score (nSPS) is 16.6. The number of nitrogens with zero attached hydrogens (tertiary/aromatic N) is 4. The number of hydrogen-bond donors (Lipinski definition) is 0. The highest BCUT2D eigenvalue weighted by Gasteiger charge is 2.24. The molecule has 9 heteroatoms. The third-order valence-electron chi connectivity index (χ3n) is 6.12. The number of thiophene rings is 1. The fraction of sp³-hybridized carbons (Fsp3) is 0.269. The van der Waals surface area contributed by atoms with E-state index in [1.807, 2.05) is 42.5 Å². The maximum atomic E-state index is 11.9. The molecular formula is C26H24N4O4S. The highest BCUT2D eigenvalue weighted by atomic mass is 32.1. The van der Waals surface area contributed by atoms with Crippen LogP contribution in [0.25, 0.3) is 21.3 Å². The van der Waals surface area contributed by atoms with Crippen LogP contribution in [0.1, 0.15) is 5.82 Å². The fourth-order valence-electron chi connectivity index (χ4n) is 4.32. The Morgan fingerprint density at radius 1 is 0.943 bits per heavy atom. The molecule has 4 aromatic rings. The summed E-state index contributed by atoms with van der Waals surface area (Å²) in [4.78, 5) is 26.4. The minimum absolute atomic E-state index is 0.324. The summed E-state index contributed by atoms with van der Waals surface area (Å²) in [5.41, 5.74) is 2.92. The van der Waals surface area contributed by atoms with Crippen molar-refractivity contribution in [2.24, 2.45) is 0 Å². The number of amides is 1. The van der Waals surface area contributed by atoms with E-state index in [9.17, 15) is 4.79 Å². The van der Waals surface area contributed by atoms with E-state index >= 15 is 0 Å². The molecule has 0 unspecified atom stereocenters. The van der Waals surface area contributed by atoms with Crippen molar-refractivity contribution in [2.75, 3.05) is 44.4 Å². The Kier molecular flexibility index (Phi) is 6.03. The number of fused-ring (bicyclic) bond motifs is 1. The Bertz CT molecular complexity index is 1340. The molecule has 2 aliphatic heterocycles. The van der Waals surface area contributed by atoms with Gasteiger partial charge in [-0.25, -0.2) is 9.78 Å². The molecule has 6 rings (SSSR count). The van der Waals surface area contributed by atoms with Crippen molar-refractivity contribution >= 4 is 33.3 Å². The molecule has 2 aliphatic rings. The molecule has 0 radical (unpaired) electrons. The summed E-state index contributed by atoms with van der Waals surface area (Å²) in [6, 6.07) is 17.6. The number of carbonyl (C=O) groups is 1. The van der Waals surface area contributed by atoms with Crippen LogP contribution in [0.5, 0.6) is 11.6 Å². The monoisotopic (exact) mass is 488 g/mol. The first-order valence-electron chi connectivity index (χ1n) is 11.6. The zero-order chi connectivity index (χ0) is 23.6. The van der Waals surface area contributed by atoms with E-state index in [0.29, 0.717) is 31.3 Å². The van der Waals surface area contributed by atoms with Crippen LogP contribution in [-0.4, -0.2) is 60.4 Å². The summed E-state index contributed by atoms with van der Waals surface area (Å²) in [6.45, 7) is 4.76. The van der Waals surface area contributed by atoms with E-state index in [-0.39, 0.29) is 6.09 Å². The second kappa shape index (κ2) is 9.61. The molecule has 2 aromatic heterocycles. The predicted molar refractivity (Wildman–Crippen MR) is 134 cm³/mol. The Labute approximate surface area is 206 Å². The lowest BCUT2D eigenvalue weighted by atomic mass is 10.1. The number of anilines is 1. The van der Waals surface area contributed by atoms with Crippen molar-refractivity contribution < 1.29 is 19.0 Å². The first kappa shape index (κ1) is 22.0. The van der Waals surface area contributed by atoms with Crippen LogP contribution in [0.3, 0.4) is 0 Å². The van der Waals surface area contributed by atoms with Gasteiger partial charge in [0.25, 0.3) is 0 Å². The molecule has 0 spiro atoms. The minimum atomic E-state index is -0.324. The quantitative estimate of drug-likeness (QED) is 0.380. The van der Waals surface area contributed by atoms with Crippen LogP contribution in [0, 0.1) is 0 Å². The Morgan fingerprint density at radius 3 is 2.49 bits per heavy atom. The smallest absolute Gasteiger partial charge is 0.414 e. The second-order valence-corrected chi connectivity index (χ2v) is 9.25. The van der Waals surface area contributed by atoms with Crippen molar-refractivity contribution in [1.82, 2.24) is 14.9 Å². The summed E-state index contributed by atoms with van der Waals surface area (Å²) in [7, 11) is 0. The molecule has 0 atom stereocenters. The van der Waals surface area contributed by atoms with Gasteiger partial charge in [-0.1, -0.05) is 30.3 Å². The molecular weight excluding hydrogens is 464 g/mol. The molecule has 178 valence electrons. The molecule has 0 saturated carbocycles. The zero-order valence-corrected chi connectivity index (χ0v) is 19.9. The van der Waals surface area contributed by atoms with Crippen LogP contribution < -0.4 is 9.64 Å². The highest BCUT2D eigenvalue weighted by Crippen LogP contribution is 2.40. The molecule has 35 heavy (non-hydrogen) atoms.